The van der Waals surface area contributed by atoms with Gasteiger partial charge in [0.25, 0.3) is 0 Å². The molecule has 0 amide bonds. The Morgan fingerprint density at radius 2 is 1.25 bits per heavy atom. The van der Waals surface area contributed by atoms with E-state index >= 15 is 0 Å². The minimum Gasteiger partial charge on any atom is -0.316 e. The molecule has 0 radical (unpaired) electrons. The Morgan fingerprint density at radius 3 is 2.20 bits per heavy atom. The molecule has 0 aliphatic heterocycles. The first kappa shape index (κ1) is 22.4. The van der Waals surface area contributed by atoms with Crippen molar-refractivity contribution in [1.82, 2.24) is 9.13 Å². The van der Waals surface area contributed by atoms with E-state index in [9.17, 15) is 0 Å². The van der Waals surface area contributed by atoms with Crippen LogP contribution in [0, 0.1) is 0 Å². The maximum absolute atomic E-state index is 3.76. The van der Waals surface area contributed by atoms with E-state index in [1.807, 2.05) is 11.3 Å². The lowest BCUT2D eigenvalue weighted by molar-refractivity contribution is 1.14. The first-order valence-electron chi connectivity index (χ1n) is 13.4. The highest BCUT2D eigenvalue weighted by Crippen LogP contribution is 2.42. The van der Waals surface area contributed by atoms with E-state index in [2.05, 4.69) is 153 Å². The fraction of sp³-hybridized carbons (Fsp3) is 0. The number of halogens is 1. The number of benzene rings is 6. The zero-order chi connectivity index (χ0) is 26.4. The molecule has 0 bridgehead atoms. The summed E-state index contributed by atoms with van der Waals surface area (Å²) in [6.07, 6.45) is 4.47. The molecular weight excluding hydrogens is 572 g/mol. The lowest BCUT2D eigenvalue weighted by atomic mass is 10.0. The van der Waals surface area contributed by atoms with Gasteiger partial charge in [-0.05, 0) is 64.7 Å². The molecule has 9 aromatic rings. The highest BCUT2D eigenvalue weighted by molar-refractivity contribution is 9.10. The molecule has 0 saturated carbocycles. The number of aromatic nitrogens is 2. The smallest absolute Gasteiger partial charge is 0.0634 e. The SMILES string of the molecule is Brc1ccc2c(c1)c1ccn(-c3ccc4ccccc4c3)c1c1ccn(-c3cccc4c3sc3ccccc34)c21. The monoisotopic (exact) mass is 592 g/mol. The molecule has 0 spiro atoms. The van der Waals surface area contributed by atoms with Crippen LogP contribution < -0.4 is 0 Å². The zero-order valence-corrected chi connectivity index (χ0v) is 23.7. The zero-order valence-electron chi connectivity index (χ0n) is 21.3. The van der Waals surface area contributed by atoms with Crippen molar-refractivity contribution in [2.45, 2.75) is 0 Å². The molecule has 4 heteroatoms. The largest absolute Gasteiger partial charge is 0.316 e. The Hall–Kier alpha value is -4.38. The quantitative estimate of drug-likeness (QED) is 0.189. The fourth-order valence-corrected chi connectivity index (χ4v) is 8.01. The summed E-state index contributed by atoms with van der Waals surface area (Å²) in [5, 5.41) is 10.1. The summed E-state index contributed by atoms with van der Waals surface area (Å²) in [6.45, 7) is 0. The molecule has 0 N–H and O–H groups in total. The average molecular weight is 594 g/mol. The van der Waals surface area contributed by atoms with E-state index in [4.69, 9.17) is 0 Å². The van der Waals surface area contributed by atoms with E-state index in [-0.39, 0.29) is 0 Å². The first-order chi connectivity index (χ1) is 19.7. The summed E-state index contributed by atoms with van der Waals surface area (Å²) in [5.41, 5.74) is 4.86. The molecule has 40 heavy (non-hydrogen) atoms. The Kier molecular flexibility index (Phi) is 4.66. The number of hydrogen-bond acceptors (Lipinski definition) is 1. The van der Waals surface area contributed by atoms with Gasteiger partial charge in [-0.15, -0.1) is 11.3 Å². The molecule has 0 aliphatic carbocycles. The third-order valence-electron chi connectivity index (χ3n) is 8.21. The molecule has 0 atom stereocenters. The van der Waals surface area contributed by atoms with Crippen molar-refractivity contribution in [3.63, 3.8) is 0 Å². The van der Waals surface area contributed by atoms with Gasteiger partial charge in [-0.2, -0.15) is 0 Å². The third-order valence-corrected chi connectivity index (χ3v) is 9.91. The molecular formula is C36H21BrN2S. The predicted molar refractivity (Wildman–Crippen MR) is 176 cm³/mol. The normalized spacial score (nSPS) is 12.1. The van der Waals surface area contributed by atoms with Crippen molar-refractivity contribution in [2.75, 3.05) is 0 Å². The van der Waals surface area contributed by atoms with Crippen molar-refractivity contribution in [3.8, 4) is 11.4 Å². The van der Waals surface area contributed by atoms with E-state index in [0.717, 1.165) is 4.47 Å². The number of thiophene rings is 1. The molecule has 0 fully saturated rings. The molecule has 0 saturated heterocycles. The van der Waals surface area contributed by atoms with Crippen LogP contribution in [-0.2, 0) is 0 Å². The van der Waals surface area contributed by atoms with Gasteiger partial charge in [0, 0.05) is 54.2 Å². The fourth-order valence-electron chi connectivity index (χ4n) is 6.43. The summed E-state index contributed by atoms with van der Waals surface area (Å²) in [5.74, 6) is 0. The summed E-state index contributed by atoms with van der Waals surface area (Å²) < 4.78 is 8.48. The standard InChI is InChI=1S/C36H21BrN2S/c37-24-13-15-27-31(21-24)28-16-18-38(25-14-12-22-6-1-2-7-23(22)20-25)34(28)30-17-19-39(35(27)30)32-10-5-9-29-26-8-3-4-11-33(26)40-36(29)32/h1-21H. The number of rotatable bonds is 2. The second-order valence-electron chi connectivity index (χ2n) is 10.4. The summed E-state index contributed by atoms with van der Waals surface area (Å²) in [7, 11) is 0. The first-order valence-corrected chi connectivity index (χ1v) is 15.0. The highest BCUT2D eigenvalue weighted by Gasteiger charge is 2.19. The molecule has 9 rings (SSSR count). The van der Waals surface area contributed by atoms with Gasteiger partial charge in [0.1, 0.15) is 0 Å². The van der Waals surface area contributed by atoms with Crippen molar-refractivity contribution in [2.24, 2.45) is 0 Å². The van der Waals surface area contributed by atoms with Crippen molar-refractivity contribution in [3.05, 3.63) is 132 Å². The molecule has 3 heterocycles. The Labute approximate surface area is 242 Å². The maximum Gasteiger partial charge on any atom is 0.0634 e. The Morgan fingerprint density at radius 1 is 0.500 bits per heavy atom. The molecule has 0 unspecified atom stereocenters. The van der Waals surface area contributed by atoms with E-state index < -0.39 is 0 Å². The average Bonchev–Trinajstić information content (AvgIpc) is 3.72. The highest BCUT2D eigenvalue weighted by atomic mass is 79.9. The third kappa shape index (κ3) is 3.09. The Balaban J connectivity index is 1.41. The maximum atomic E-state index is 3.76. The summed E-state index contributed by atoms with van der Waals surface area (Å²) >= 11 is 5.63. The van der Waals surface area contributed by atoms with Crippen LogP contribution in [0.5, 0.6) is 0 Å². The van der Waals surface area contributed by atoms with Crippen LogP contribution in [0.15, 0.2) is 132 Å². The lowest BCUT2D eigenvalue weighted by Crippen LogP contribution is -1.96. The second-order valence-corrected chi connectivity index (χ2v) is 12.3. The molecule has 0 aliphatic rings. The van der Waals surface area contributed by atoms with Gasteiger partial charge in [-0.25, -0.2) is 0 Å². The number of hydrogen-bond donors (Lipinski definition) is 0. The minimum atomic E-state index is 1.09. The number of nitrogens with zero attached hydrogens (tertiary/aromatic N) is 2. The van der Waals surface area contributed by atoms with E-state index in [1.54, 1.807) is 0 Å². The van der Waals surface area contributed by atoms with Crippen LogP contribution in [-0.4, -0.2) is 9.13 Å². The summed E-state index contributed by atoms with van der Waals surface area (Å²) in [6, 6.07) is 42.0. The molecule has 3 aromatic heterocycles. The lowest BCUT2D eigenvalue weighted by Gasteiger charge is -2.13. The summed E-state index contributed by atoms with van der Waals surface area (Å²) in [4.78, 5) is 0. The molecule has 188 valence electrons. The topological polar surface area (TPSA) is 9.86 Å². The van der Waals surface area contributed by atoms with Crippen molar-refractivity contribution >= 4 is 90.8 Å². The van der Waals surface area contributed by atoms with Crippen LogP contribution in [0.2, 0.25) is 0 Å². The van der Waals surface area contributed by atoms with Crippen molar-refractivity contribution < 1.29 is 0 Å². The van der Waals surface area contributed by atoms with Crippen LogP contribution in [0.4, 0.5) is 0 Å². The van der Waals surface area contributed by atoms with E-state index in [1.165, 1.54) is 74.9 Å². The van der Waals surface area contributed by atoms with E-state index in [0.29, 0.717) is 0 Å². The Bertz CT molecular complexity index is 2460. The van der Waals surface area contributed by atoms with Gasteiger partial charge in [0.15, 0.2) is 0 Å². The predicted octanol–water partition coefficient (Wildman–Crippen LogP) is 11.0. The van der Waals surface area contributed by atoms with Crippen LogP contribution in [0.25, 0.3) is 74.9 Å². The van der Waals surface area contributed by atoms with Gasteiger partial charge in [-0.3, -0.25) is 0 Å². The van der Waals surface area contributed by atoms with Gasteiger partial charge in [-0.1, -0.05) is 82.7 Å². The van der Waals surface area contributed by atoms with Gasteiger partial charge in [0.2, 0.25) is 0 Å². The van der Waals surface area contributed by atoms with Gasteiger partial charge < -0.3 is 9.13 Å². The van der Waals surface area contributed by atoms with Gasteiger partial charge >= 0.3 is 0 Å². The van der Waals surface area contributed by atoms with Crippen molar-refractivity contribution in [1.29, 1.82) is 0 Å². The van der Waals surface area contributed by atoms with Crippen LogP contribution in [0.1, 0.15) is 0 Å². The van der Waals surface area contributed by atoms with Crippen LogP contribution >= 0.6 is 27.3 Å². The minimum absolute atomic E-state index is 1.09. The molecule has 6 aromatic carbocycles. The van der Waals surface area contributed by atoms with Crippen LogP contribution in [0.3, 0.4) is 0 Å². The van der Waals surface area contributed by atoms with Gasteiger partial charge in [0.05, 0.1) is 21.4 Å². The number of fused-ring (bicyclic) bond motifs is 10. The second kappa shape index (κ2) is 8.31. The molecule has 2 nitrogen and oxygen atoms in total.